The molecule has 1 aromatic carbocycles. The maximum Gasteiger partial charge on any atom is 0.324 e. The Morgan fingerprint density at radius 1 is 1.12 bits per heavy atom. The third-order valence-corrected chi connectivity index (χ3v) is 7.76. The van der Waals surface area contributed by atoms with E-state index in [1.54, 1.807) is 0 Å². The Morgan fingerprint density at radius 2 is 1.88 bits per heavy atom. The van der Waals surface area contributed by atoms with Crippen molar-refractivity contribution >= 4 is 16.0 Å². The fourth-order valence-electron chi connectivity index (χ4n) is 4.56. The smallest absolute Gasteiger partial charge is 0.324 e. The molecule has 0 unspecified atom stereocenters. The van der Waals surface area contributed by atoms with Crippen molar-refractivity contribution in [3.63, 3.8) is 0 Å². The van der Waals surface area contributed by atoms with Gasteiger partial charge in [0.1, 0.15) is 18.0 Å². The van der Waals surface area contributed by atoms with Gasteiger partial charge >= 0.3 is 5.97 Å². The Balaban J connectivity index is 1.49. The number of sulfonamides is 1. The van der Waals surface area contributed by atoms with E-state index in [0.29, 0.717) is 24.7 Å². The summed E-state index contributed by atoms with van der Waals surface area (Å²) in [5, 5.41) is 0. The number of fused-ring (bicyclic) bond motifs is 2. The molecule has 2 bridgehead atoms. The first-order valence-corrected chi connectivity index (χ1v) is 10.4. The molecule has 4 rings (SSSR count). The Bertz CT molecular complexity index is 764. The number of halogens is 1. The summed E-state index contributed by atoms with van der Waals surface area (Å²) < 4.78 is 45.6. The van der Waals surface area contributed by atoms with E-state index in [0.717, 1.165) is 31.4 Å². The highest BCUT2D eigenvalue weighted by Gasteiger charge is 2.45. The fourth-order valence-corrected chi connectivity index (χ4v) is 6.21. The predicted molar refractivity (Wildman–Crippen MR) is 88.6 cm³/mol. The van der Waals surface area contributed by atoms with Crippen molar-refractivity contribution in [2.45, 2.75) is 55.6 Å². The van der Waals surface area contributed by atoms with E-state index in [9.17, 15) is 17.6 Å². The number of nitrogens with zero attached hydrogens (tertiary/aromatic N) is 1. The van der Waals surface area contributed by atoms with Crippen molar-refractivity contribution in [1.29, 1.82) is 0 Å². The molecule has 5 nitrogen and oxygen atoms in total. The molecular weight excluding hydrogens is 345 g/mol. The molecule has 25 heavy (non-hydrogen) atoms. The summed E-state index contributed by atoms with van der Waals surface area (Å²) in [5.41, 5.74) is 0. The number of carbonyl (C=O) groups is 1. The van der Waals surface area contributed by atoms with Gasteiger partial charge < -0.3 is 4.74 Å². The molecule has 1 saturated heterocycles. The fraction of sp³-hybridized carbons (Fsp3) is 0.611. The third-order valence-electron chi connectivity index (χ3n) is 5.84. The molecule has 4 atom stereocenters. The van der Waals surface area contributed by atoms with Crippen LogP contribution >= 0.6 is 0 Å². The van der Waals surface area contributed by atoms with Gasteiger partial charge in [-0.3, -0.25) is 4.79 Å². The van der Waals surface area contributed by atoms with Crippen LogP contribution in [0.4, 0.5) is 4.39 Å². The van der Waals surface area contributed by atoms with Crippen molar-refractivity contribution in [2.24, 2.45) is 11.8 Å². The highest BCUT2D eigenvalue weighted by Crippen LogP contribution is 2.46. The van der Waals surface area contributed by atoms with E-state index >= 15 is 0 Å². The zero-order valence-electron chi connectivity index (χ0n) is 13.9. The first kappa shape index (κ1) is 17.0. The van der Waals surface area contributed by atoms with Crippen molar-refractivity contribution in [2.75, 3.05) is 6.54 Å². The van der Waals surface area contributed by atoms with E-state index < -0.39 is 27.9 Å². The van der Waals surface area contributed by atoms with Crippen molar-refractivity contribution < 1.29 is 22.3 Å². The SMILES string of the molecule is O=C(O[C@H]1C[C@H]2CC[C@H]1C2)[C@@H]1CCCN1S(=O)(=O)c1ccc(F)cc1. The van der Waals surface area contributed by atoms with Gasteiger partial charge in [0.25, 0.3) is 0 Å². The second-order valence-corrected chi connectivity index (χ2v) is 9.27. The van der Waals surface area contributed by atoms with E-state index in [4.69, 9.17) is 4.74 Å². The largest absolute Gasteiger partial charge is 0.461 e. The summed E-state index contributed by atoms with van der Waals surface area (Å²) in [7, 11) is -3.83. The molecular formula is C18H22FNO4S. The molecule has 1 aliphatic heterocycles. The topological polar surface area (TPSA) is 63.7 Å². The van der Waals surface area contributed by atoms with Crippen LogP contribution in [0.25, 0.3) is 0 Å². The van der Waals surface area contributed by atoms with Gasteiger partial charge in [-0.2, -0.15) is 4.31 Å². The molecule has 0 spiro atoms. The van der Waals surface area contributed by atoms with E-state index in [1.165, 1.54) is 22.9 Å². The van der Waals surface area contributed by atoms with Crippen LogP contribution in [0, 0.1) is 17.7 Å². The Hall–Kier alpha value is -1.47. The quantitative estimate of drug-likeness (QED) is 0.768. The predicted octanol–water partition coefficient (Wildman–Crippen LogP) is 2.71. The molecule has 3 aliphatic rings. The van der Waals surface area contributed by atoms with Crippen molar-refractivity contribution in [3.05, 3.63) is 30.1 Å². The van der Waals surface area contributed by atoms with Crippen molar-refractivity contribution in [1.82, 2.24) is 4.31 Å². The van der Waals surface area contributed by atoms with E-state index in [1.807, 2.05) is 0 Å². The standard InChI is InChI=1S/C18H22FNO4S/c19-14-5-7-15(8-6-14)25(22,23)20-9-1-2-16(20)18(21)24-17-11-12-3-4-13(17)10-12/h5-8,12-13,16-17H,1-4,9-11H2/t12-,13-,16-,17-/m0/s1. The Morgan fingerprint density at radius 3 is 2.52 bits per heavy atom. The lowest BCUT2D eigenvalue weighted by Crippen LogP contribution is -2.43. The minimum atomic E-state index is -3.83. The van der Waals surface area contributed by atoms with E-state index in [-0.39, 0.29) is 17.5 Å². The molecule has 0 N–H and O–H groups in total. The van der Waals surface area contributed by atoms with Gasteiger partial charge in [0, 0.05) is 6.54 Å². The molecule has 0 amide bonds. The van der Waals surface area contributed by atoms with Gasteiger partial charge in [-0.1, -0.05) is 0 Å². The second-order valence-electron chi connectivity index (χ2n) is 7.38. The minimum absolute atomic E-state index is 0.00789. The third kappa shape index (κ3) is 3.08. The molecule has 1 heterocycles. The van der Waals surface area contributed by atoms with Gasteiger partial charge in [-0.15, -0.1) is 0 Å². The minimum Gasteiger partial charge on any atom is -0.461 e. The van der Waals surface area contributed by atoms with Gasteiger partial charge in [0.2, 0.25) is 10.0 Å². The maximum atomic E-state index is 13.1. The second kappa shape index (κ2) is 6.36. The first-order valence-electron chi connectivity index (χ1n) is 8.93. The first-order chi connectivity index (χ1) is 11.9. The number of hydrogen-bond donors (Lipinski definition) is 0. The lowest BCUT2D eigenvalue weighted by molar-refractivity contribution is -0.155. The number of carbonyl (C=O) groups excluding carboxylic acids is 1. The average molecular weight is 367 g/mol. The number of benzene rings is 1. The Labute approximate surface area is 147 Å². The maximum absolute atomic E-state index is 13.1. The molecule has 1 aromatic rings. The van der Waals surface area contributed by atoms with Crippen LogP contribution in [-0.2, 0) is 19.6 Å². The average Bonchev–Trinajstić information content (AvgIpc) is 3.31. The molecule has 136 valence electrons. The summed E-state index contributed by atoms with van der Waals surface area (Å²) in [5.74, 6) is 0.177. The van der Waals surface area contributed by atoms with Gasteiger partial charge in [0.05, 0.1) is 4.90 Å². The van der Waals surface area contributed by atoms with Crippen LogP contribution < -0.4 is 0 Å². The molecule has 3 fully saturated rings. The summed E-state index contributed by atoms with van der Waals surface area (Å²) >= 11 is 0. The van der Waals surface area contributed by atoms with Crippen LogP contribution in [0.2, 0.25) is 0 Å². The van der Waals surface area contributed by atoms with Crippen LogP contribution in [0.15, 0.2) is 29.2 Å². The number of ether oxygens (including phenoxy) is 1. The number of rotatable bonds is 4. The van der Waals surface area contributed by atoms with Crippen LogP contribution in [-0.4, -0.2) is 37.4 Å². The van der Waals surface area contributed by atoms with Crippen LogP contribution in [0.3, 0.4) is 0 Å². The Kier molecular flexibility index (Phi) is 4.32. The lowest BCUT2D eigenvalue weighted by Gasteiger charge is -2.27. The molecule has 2 saturated carbocycles. The van der Waals surface area contributed by atoms with Crippen LogP contribution in [0.5, 0.6) is 0 Å². The summed E-state index contributed by atoms with van der Waals surface area (Å²) in [6, 6.07) is 3.94. The van der Waals surface area contributed by atoms with E-state index in [2.05, 4.69) is 0 Å². The van der Waals surface area contributed by atoms with Gasteiger partial charge in [0.15, 0.2) is 0 Å². The lowest BCUT2D eigenvalue weighted by atomic mass is 9.98. The summed E-state index contributed by atoms with van der Waals surface area (Å²) in [6.45, 7) is 0.288. The van der Waals surface area contributed by atoms with Crippen LogP contribution in [0.1, 0.15) is 38.5 Å². The molecule has 0 aromatic heterocycles. The highest BCUT2D eigenvalue weighted by molar-refractivity contribution is 7.89. The summed E-state index contributed by atoms with van der Waals surface area (Å²) in [4.78, 5) is 12.6. The highest BCUT2D eigenvalue weighted by atomic mass is 32.2. The normalized spacial score (nSPS) is 32.2. The number of esters is 1. The summed E-state index contributed by atoms with van der Waals surface area (Å²) in [6.07, 6.45) is 5.39. The monoisotopic (exact) mass is 367 g/mol. The van der Waals surface area contributed by atoms with Gasteiger partial charge in [-0.05, 0) is 74.6 Å². The molecule has 0 radical (unpaired) electrons. The van der Waals surface area contributed by atoms with Gasteiger partial charge in [-0.25, -0.2) is 12.8 Å². The number of hydrogen-bond acceptors (Lipinski definition) is 4. The zero-order valence-corrected chi connectivity index (χ0v) is 14.8. The molecule has 2 aliphatic carbocycles. The molecule has 7 heteroatoms. The zero-order chi connectivity index (χ0) is 17.6. The van der Waals surface area contributed by atoms with Crippen molar-refractivity contribution in [3.8, 4) is 0 Å².